The highest BCUT2D eigenvalue weighted by molar-refractivity contribution is 9.11. The molecule has 1 atom stereocenters. The van der Waals surface area contributed by atoms with Gasteiger partial charge >= 0.3 is 0 Å². The largest absolute Gasteiger partial charge is 0.479 e. The number of benzene rings is 1. The first-order chi connectivity index (χ1) is 7.54. The molecule has 1 unspecified atom stereocenters. The van der Waals surface area contributed by atoms with Gasteiger partial charge in [-0.25, -0.2) is 0 Å². The molecule has 0 heterocycles. The number of hydrogen-bond acceptors (Lipinski definition) is 2. The molecule has 0 saturated carbocycles. The number of nitrogens with two attached hydrogens (primary N) is 1. The summed E-state index contributed by atoms with van der Waals surface area (Å²) in [5.74, 6) is 3.16. The van der Waals surface area contributed by atoms with Gasteiger partial charge in [0.15, 0.2) is 0 Å². The second-order valence-electron chi connectivity index (χ2n) is 3.56. The Morgan fingerprint density at radius 1 is 1.44 bits per heavy atom. The molecule has 0 aliphatic carbocycles. The third kappa shape index (κ3) is 3.82. The molecule has 0 fully saturated rings. The maximum Gasteiger partial charge on any atom is 0.149 e. The first-order valence-electron chi connectivity index (χ1n) is 4.84. The van der Waals surface area contributed by atoms with Crippen molar-refractivity contribution in [3.63, 3.8) is 0 Å². The Bertz CT molecular complexity index is 387. The van der Waals surface area contributed by atoms with E-state index in [9.17, 15) is 0 Å². The summed E-state index contributed by atoms with van der Waals surface area (Å²) in [6.45, 7) is 2.23. The minimum absolute atomic E-state index is 0.135. The smallest absolute Gasteiger partial charge is 0.149 e. The van der Waals surface area contributed by atoms with Crippen LogP contribution in [0, 0.1) is 12.3 Å². The van der Waals surface area contributed by atoms with Crippen LogP contribution in [0.3, 0.4) is 0 Å². The monoisotopic (exact) mass is 345 g/mol. The second-order valence-corrected chi connectivity index (χ2v) is 5.27. The summed E-state index contributed by atoms with van der Waals surface area (Å²) in [7, 11) is 0. The predicted molar refractivity (Wildman–Crippen MR) is 73.5 cm³/mol. The molecule has 1 rings (SSSR count). The molecule has 0 aliphatic heterocycles. The van der Waals surface area contributed by atoms with E-state index in [1.807, 2.05) is 19.1 Å². The van der Waals surface area contributed by atoms with Crippen molar-refractivity contribution in [3.05, 3.63) is 26.6 Å². The van der Waals surface area contributed by atoms with Crippen LogP contribution in [-0.4, -0.2) is 12.6 Å². The van der Waals surface area contributed by atoms with Gasteiger partial charge in [0.1, 0.15) is 12.4 Å². The highest BCUT2D eigenvalue weighted by atomic mass is 79.9. The van der Waals surface area contributed by atoms with Crippen molar-refractivity contribution in [2.45, 2.75) is 19.4 Å². The van der Waals surface area contributed by atoms with Gasteiger partial charge in [-0.2, -0.15) is 0 Å². The van der Waals surface area contributed by atoms with Crippen molar-refractivity contribution < 1.29 is 4.74 Å². The van der Waals surface area contributed by atoms with E-state index < -0.39 is 0 Å². The Labute approximate surface area is 113 Å². The lowest BCUT2D eigenvalue weighted by Gasteiger charge is -2.11. The maximum atomic E-state index is 5.75. The topological polar surface area (TPSA) is 35.2 Å². The Morgan fingerprint density at radius 3 is 2.44 bits per heavy atom. The zero-order chi connectivity index (χ0) is 12.1. The lowest BCUT2D eigenvalue weighted by Crippen LogP contribution is -2.17. The Morgan fingerprint density at radius 2 is 2.00 bits per heavy atom. The van der Waals surface area contributed by atoms with Crippen LogP contribution in [0.15, 0.2) is 21.1 Å². The summed E-state index contributed by atoms with van der Waals surface area (Å²) in [6, 6.07) is 4.14. The summed E-state index contributed by atoms with van der Waals surface area (Å²) in [5.41, 5.74) is 6.91. The molecule has 0 bridgehead atoms. The van der Waals surface area contributed by atoms with Gasteiger partial charge in [0.2, 0.25) is 0 Å². The molecule has 0 amide bonds. The normalized spacial score (nSPS) is 11.9. The second kappa shape index (κ2) is 6.29. The molecular formula is C12H13Br2NO. The van der Waals surface area contributed by atoms with Gasteiger partial charge in [-0.1, -0.05) is 5.92 Å². The fourth-order valence-corrected chi connectivity index (χ4v) is 2.86. The molecule has 0 aromatic heterocycles. The number of terminal acetylenes is 1. The van der Waals surface area contributed by atoms with Crippen molar-refractivity contribution in [2.24, 2.45) is 5.73 Å². The van der Waals surface area contributed by atoms with E-state index in [1.54, 1.807) is 0 Å². The van der Waals surface area contributed by atoms with Gasteiger partial charge in [0, 0.05) is 6.04 Å². The summed E-state index contributed by atoms with van der Waals surface area (Å²) < 4.78 is 7.18. The van der Waals surface area contributed by atoms with Crippen LogP contribution >= 0.6 is 31.9 Å². The summed E-state index contributed by atoms with van der Waals surface area (Å²) in [6.07, 6.45) is 5.98. The zero-order valence-corrected chi connectivity index (χ0v) is 12.1. The number of hydrogen-bond donors (Lipinski definition) is 1. The average Bonchev–Trinajstić information content (AvgIpc) is 2.15. The van der Waals surface area contributed by atoms with Crippen molar-refractivity contribution in [2.75, 3.05) is 6.61 Å². The Kier molecular flexibility index (Phi) is 5.33. The molecule has 0 saturated heterocycles. The molecule has 16 heavy (non-hydrogen) atoms. The van der Waals surface area contributed by atoms with Gasteiger partial charge in [-0.05, 0) is 62.9 Å². The number of halogens is 2. The number of ether oxygens (including phenoxy) is 1. The Balaban J connectivity index is 2.94. The Hall–Kier alpha value is -0.500. The molecule has 2 N–H and O–H groups in total. The van der Waals surface area contributed by atoms with Crippen LogP contribution in [-0.2, 0) is 6.42 Å². The third-order valence-electron chi connectivity index (χ3n) is 1.92. The van der Waals surface area contributed by atoms with Crippen LogP contribution < -0.4 is 10.5 Å². The number of rotatable bonds is 4. The van der Waals surface area contributed by atoms with Crippen LogP contribution in [0.2, 0.25) is 0 Å². The molecule has 1 aromatic carbocycles. The third-order valence-corrected chi connectivity index (χ3v) is 3.09. The van der Waals surface area contributed by atoms with E-state index in [0.29, 0.717) is 0 Å². The van der Waals surface area contributed by atoms with Crippen LogP contribution in [0.25, 0.3) is 0 Å². The van der Waals surface area contributed by atoms with E-state index in [-0.39, 0.29) is 12.6 Å². The first kappa shape index (κ1) is 13.6. The van der Waals surface area contributed by atoms with Crippen LogP contribution in [0.4, 0.5) is 0 Å². The lowest BCUT2D eigenvalue weighted by molar-refractivity contribution is 0.365. The SMILES string of the molecule is C#CCOc1c(Br)cc(CC(C)N)cc1Br. The zero-order valence-electron chi connectivity index (χ0n) is 8.97. The van der Waals surface area contributed by atoms with Gasteiger partial charge in [0.05, 0.1) is 8.95 Å². The van der Waals surface area contributed by atoms with Crippen LogP contribution in [0.1, 0.15) is 12.5 Å². The van der Waals surface area contributed by atoms with Crippen molar-refractivity contribution >= 4 is 31.9 Å². The summed E-state index contributed by atoms with van der Waals surface area (Å²) in [5, 5.41) is 0. The first-order valence-corrected chi connectivity index (χ1v) is 6.43. The molecule has 4 heteroatoms. The summed E-state index contributed by atoms with van der Waals surface area (Å²) >= 11 is 6.91. The van der Waals surface area contributed by atoms with E-state index in [2.05, 4.69) is 37.8 Å². The van der Waals surface area contributed by atoms with Crippen molar-refractivity contribution in [1.82, 2.24) is 0 Å². The molecular weight excluding hydrogens is 334 g/mol. The van der Waals surface area contributed by atoms with Gasteiger partial charge in [-0.3, -0.25) is 0 Å². The van der Waals surface area contributed by atoms with Crippen molar-refractivity contribution in [1.29, 1.82) is 0 Å². The fourth-order valence-electron chi connectivity index (χ4n) is 1.35. The highest BCUT2D eigenvalue weighted by Crippen LogP contribution is 2.34. The lowest BCUT2D eigenvalue weighted by atomic mass is 10.1. The minimum Gasteiger partial charge on any atom is -0.479 e. The van der Waals surface area contributed by atoms with Gasteiger partial charge in [0.25, 0.3) is 0 Å². The van der Waals surface area contributed by atoms with Gasteiger partial charge in [-0.15, -0.1) is 6.42 Å². The van der Waals surface area contributed by atoms with E-state index >= 15 is 0 Å². The molecule has 86 valence electrons. The van der Waals surface area contributed by atoms with Crippen LogP contribution in [0.5, 0.6) is 5.75 Å². The minimum atomic E-state index is 0.135. The maximum absolute atomic E-state index is 5.75. The molecule has 0 spiro atoms. The predicted octanol–water partition coefficient (Wildman–Crippen LogP) is 3.11. The highest BCUT2D eigenvalue weighted by Gasteiger charge is 2.09. The fraction of sp³-hybridized carbons (Fsp3) is 0.333. The van der Waals surface area contributed by atoms with E-state index in [0.717, 1.165) is 26.7 Å². The molecule has 0 aliphatic rings. The molecule has 1 aromatic rings. The summed E-state index contributed by atoms with van der Waals surface area (Å²) in [4.78, 5) is 0. The van der Waals surface area contributed by atoms with E-state index in [1.165, 1.54) is 0 Å². The molecule has 0 radical (unpaired) electrons. The van der Waals surface area contributed by atoms with Gasteiger partial charge < -0.3 is 10.5 Å². The van der Waals surface area contributed by atoms with E-state index in [4.69, 9.17) is 16.9 Å². The average molecular weight is 347 g/mol. The molecule has 2 nitrogen and oxygen atoms in total. The standard InChI is InChI=1S/C12H13Br2NO/c1-3-4-16-12-10(13)6-9(5-8(2)15)7-11(12)14/h1,6-8H,4-5,15H2,2H3. The van der Waals surface area contributed by atoms with Crippen molar-refractivity contribution in [3.8, 4) is 18.1 Å². The quantitative estimate of drug-likeness (QED) is 0.850.